The molecule has 0 N–H and O–H groups in total. The summed E-state index contributed by atoms with van der Waals surface area (Å²) in [6.07, 6.45) is 9.00. The molecule has 0 radical (unpaired) electrons. The first kappa shape index (κ1) is 19.2. The molecule has 0 aromatic heterocycles. The second-order valence-corrected chi connectivity index (χ2v) is 9.12. The minimum absolute atomic E-state index is 0.390. The molecule has 0 saturated carbocycles. The SMILES string of the molecule is CN1c2ccc(N3c4ccccc4N(c4ccccc4)c4ccccc43)cc2C2C=CC=CC21. The topological polar surface area (TPSA) is 9.72 Å². The van der Waals surface area contributed by atoms with Gasteiger partial charge in [0.05, 0.1) is 28.8 Å². The van der Waals surface area contributed by atoms with E-state index in [0.29, 0.717) is 12.0 Å². The Kier molecular flexibility index (Phi) is 4.18. The van der Waals surface area contributed by atoms with Crippen molar-refractivity contribution in [3.8, 4) is 0 Å². The van der Waals surface area contributed by atoms with E-state index in [1.807, 2.05) is 0 Å². The summed E-state index contributed by atoms with van der Waals surface area (Å²) in [5.41, 5.74) is 9.82. The predicted molar refractivity (Wildman–Crippen MR) is 143 cm³/mol. The molecule has 4 aromatic carbocycles. The average Bonchev–Trinajstić information content (AvgIpc) is 3.19. The molecule has 2 unspecified atom stereocenters. The van der Waals surface area contributed by atoms with Crippen molar-refractivity contribution in [2.75, 3.05) is 21.7 Å². The number of fused-ring (bicyclic) bond motifs is 5. The van der Waals surface area contributed by atoms with Crippen LogP contribution in [-0.4, -0.2) is 13.1 Å². The number of benzene rings is 4. The number of likely N-dealkylation sites (N-methyl/N-ethyl adjacent to an activating group) is 1. The molecule has 2 atom stereocenters. The quantitative estimate of drug-likeness (QED) is 0.276. The molecule has 3 aliphatic rings. The summed E-state index contributed by atoms with van der Waals surface area (Å²) in [5, 5.41) is 0. The lowest BCUT2D eigenvalue weighted by molar-refractivity contribution is 0.723. The van der Waals surface area contributed by atoms with Gasteiger partial charge < -0.3 is 14.7 Å². The molecule has 3 heteroatoms. The minimum Gasteiger partial charge on any atom is -0.367 e. The van der Waals surface area contributed by atoms with Crippen LogP contribution in [0.25, 0.3) is 0 Å². The summed E-state index contributed by atoms with van der Waals surface area (Å²) in [6, 6.07) is 35.4. The summed E-state index contributed by atoms with van der Waals surface area (Å²) < 4.78 is 0. The molecule has 0 fully saturated rings. The van der Waals surface area contributed by atoms with E-state index in [2.05, 4.69) is 143 Å². The largest absolute Gasteiger partial charge is 0.367 e. The molecule has 4 aromatic rings. The second kappa shape index (κ2) is 7.39. The van der Waals surface area contributed by atoms with Gasteiger partial charge >= 0.3 is 0 Å². The molecule has 164 valence electrons. The Morgan fingerprint density at radius 1 is 0.529 bits per heavy atom. The third-order valence-electron chi connectivity index (χ3n) is 7.30. The summed E-state index contributed by atoms with van der Waals surface area (Å²) in [7, 11) is 2.20. The van der Waals surface area contributed by atoms with Crippen molar-refractivity contribution in [3.63, 3.8) is 0 Å². The van der Waals surface area contributed by atoms with E-state index in [0.717, 1.165) is 0 Å². The van der Waals surface area contributed by atoms with E-state index in [1.54, 1.807) is 0 Å². The van der Waals surface area contributed by atoms with Gasteiger partial charge in [-0.2, -0.15) is 0 Å². The lowest BCUT2D eigenvalue weighted by Crippen LogP contribution is -2.28. The molecule has 3 nitrogen and oxygen atoms in total. The molecular formula is C31H25N3. The van der Waals surface area contributed by atoms with Crippen LogP contribution in [0, 0.1) is 0 Å². The van der Waals surface area contributed by atoms with E-state index >= 15 is 0 Å². The average molecular weight is 440 g/mol. The summed E-state index contributed by atoms with van der Waals surface area (Å²) in [6.45, 7) is 0. The third-order valence-corrected chi connectivity index (χ3v) is 7.30. The molecule has 1 aliphatic carbocycles. The first-order valence-corrected chi connectivity index (χ1v) is 11.9. The Morgan fingerprint density at radius 2 is 1.09 bits per heavy atom. The molecule has 0 amide bonds. The van der Waals surface area contributed by atoms with Crippen LogP contribution in [0.15, 0.2) is 121 Å². The fourth-order valence-electron chi connectivity index (χ4n) is 5.76. The number of allylic oxidation sites excluding steroid dienone is 2. The molecule has 0 bridgehead atoms. The highest BCUT2D eigenvalue weighted by Crippen LogP contribution is 2.55. The van der Waals surface area contributed by atoms with Crippen LogP contribution < -0.4 is 14.7 Å². The zero-order valence-electron chi connectivity index (χ0n) is 19.0. The van der Waals surface area contributed by atoms with E-state index in [9.17, 15) is 0 Å². The highest BCUT2D eigenvalue weighted by molar-refractivity contribution is 6.01. The van der Waals surface area contributed by atoms with Gasteiger partial charge in [0.2, 0.25) is 0 Å². The Balaban J connectivity index is 1.43. The first-order valence-electron chi connectivity index (χ1n) is 11.9. The number of rotatable bonds is 2. The molecule has 2 heterocycles. The fourth-order valence-corrected chi connectivity index (χ4v) is 5.76. The lowest BCUT2D eigenvalue weighted by atomic mass is 9.91. The normalized spacial score (nSPS) is 19.5. The molecule has 2 aliphatic heterocycles. The van der Waals surface area contributed by atoms with Crippen LogP contribution in [0.3, 0.4) is 0 Å². The van der Waals surface area contributed by atoms with Gasteiger partial charge in [0.1, 0.15) is 0 Å². The summed E-state index contributed by atoms with van der Waals surface area (Å²) in [4.78, 5) is 7.19. The van der Waals surface area contributed by atoms with Gasteiger partial charge in [-0.05, 0) is 60.2 Å². The second-order valence-electron chi connectivity index (χ2n) is 9.12. The highest BCUT2D eigenvalue weighted by atomic mass is 15.3. The molecular weight excluding hydrogens is 414 g/mol. The Morgan fingerprint density at radius 3 is 1.74 bits per heavy atom. The van der Waals surface area contributed by atoms with E-state index in [-0.39, 0.29) is 0 Å². The number of hydrogen-bond acceptors (Lipinski definition) is 3. The smallest absolute Gasteiger partial charge is 0.0703 e. The van der Waals surface area contributed by atoms with Crippen LogP contribution >= 0.6 is 0 Å². The Labute approximate surface area is 200 Å². The van der Waals surface area contributed by atoms with Gasteiger partial charge in [0, 0.05) is 30.0 Å². The standard InChI is InChI=1S/C31H25N3/c1-32-26-14-6-5-13-24(26)25-21-23(19-20-27(25)32)34-30-17-9-7-15-28(30)33(22-11-3-2-4-12-22)29-16-8-10-18-31(29)34/h2-21,24,26H,1H3. The highest BCUT2D eigenvalue weighted by Gasteiger charge is 2.36. The molecule has 7 rings (SSSR count). The van der Waals surface area contributed by atoms with Crippen molar-refractivity contribution in [2.24, 2.45) is 0 Å². The summed E-state index contributed by atoms with van der Waals surface area (Å²) >= 11 is 0. The Hall–Kier alpha value is -4.24. The number of hydrogen-bond donors (Lipinski definition) is 0. The molecule has 34 heavy (non-hydrogen) atoms. The van der Waals surface area contributed by atoms with Gasteiger partial charge in [0.25, 0.3) is 0 Å². The van der Waals surface area contributed by atoms with Gasteiger partial charge in [-0.3, -0.25) is 0 Å². The van der Waals surface area contributed by atoms with Gasteiger partial charge in [-0.1, -0.05) is 66.8 Å². The maximum Gasteiger partial charge on any atom is 0.0703 e. The fraction of sp³-hybridized carbons (Fsp3) is 0.0968. The van der Waals surface area contributed by atoms with Crippen molar-refractivity contribution >= 4 is 39.8 Å². The zero-order chi connectivity index (χ0) is 22.6. The van der Waals surface area contributed by atoms with Gasteiger partial charge in [-0.15, -0.1) is 0 Å². The molecule has 0 saturated heterocycles. The van der Waals surface area contributed by atoms with Crippen LogP contribution in [0.4, 0.5) is 39.8 Å². The van der Waals surface area contributed by atoms with Gasteiger partial charge in [-0.25, -0.2) is 0 Å². The predicted octanol–water partition coefficient (Wildman–Crippen LogP) is 7.97. The van der Waals surface area contributed by atoms with Crippen molar-refractivity contribution in [2.45, 2.75) is 12.0 Å². The third kappa shape index (κ3) is 2.70. The molecule has 0 spiro atoms. The zero-order valence-corrected chi connectivity index (χ0v) is 19.0. The van der Waals surface area contributed by atoms with Crippen LogP contribution in [-0.2, 0) is 0 Å². The van der Waals surface area contributed by atoms with Gasteiger partial charge in [0.15, 0.2) is 0 Å². The number of anilines is 7. The Bertz CT molecular complexity index is 1410. The minimum atomic E-state index is 0.390. The van der Waals surface area contributed by atoms with Crippen LogP contribution in [0.2, 0.25) is 0 Å². The van der Waals surface area contributed by atoms with Crippen LogP contribution in [0.1, 0.15) is 11.5 Å². The van der Waals surface area contributed by atoms with Crippen molar-refractivity contribution in [3.05, 3.63) is 127 Å². The monoisotopic (exact) mass is 439 g/mol. The van der Waals surface area contributed by atoms with E-state index < -0.39 is 0 Å². The first-order chi connectivity index (χ1) is 16.8. The maximum absolute atomic E-state index is 2.42. The lowest BCUT2D eigenvalue weighted by Gasteiger charge is -2.40. The van der Waals surface area contributed by atoms with E-state index in [4.69, 9.17) is 0 Å². The van der Waals surface area contributed by atoms with Crippen molar-refractivity contribution < 1.29 is 0 Å². The number of nitrogens with zero attached hydrogens (tertiary/aromatic N) is 3. The van der Waals surface area contributed by atoms with Crippen molar-refractivity contribution in [1.82, 2.24) is 0 Å². The van der Waals surface area contributed by atoms with Crippen LogP contribution in [0.5, 0.6) is 0 Å². The van der Waals surface area contributed by atoms with Crippen molar-refractivity contribution in [1.29, 1.82) is 0 Å². The number of para-hydroxylation sites is 5. The maximum atomic E-state index is 2.42. The van der Waals surface area contributed by atoms with E-state index in [1.165, 1.54) is 45.4 Å². The summed E-state index contributed by atoms with van der Waals surface area (Å²) in [5.74, 6) is 0.390.